The maximum atomic E-state index is 5.69. The molecule has 3 rings (SSSR count). The van der Waals surface area contributed by atoms with Crippen LogP contribution in [0, 0.1) is 0 Å². The molecule has 6 heteroatoms. The van der Waals surface area contributed by atoms with E-state index < -0.39 is 0 Å². The fourth-order valence-corrected chi connectivity index (χ4v) is 3.88. The van der Waals surface area contributed by atoms with Crippen LogP contribution in [0.2, 0.25) is 0 Å². The number of morpholine rings is 1. The molecule has 128 valence electrons. The lowest BCUT2D eigenvalue weighted by molar-refractivity contribution is -0.0117. The van der Waals surface area contributed by atoms with E-state index in [0.717, 1.165) is 45.1 Å². The summed E-state index contributed by atoms with van der Waals surface area (Å²) in [6.07, 6.45) is 0. The van der Waals surface area contributed by atoms with E-state index in [2.05, 4.69) is 53.5 Å². The second kappa shape index (κ2) is 7.13. The van der Waals surface area contributed by atoms with E-state index >= 15 is 0 Å². The normalized spacial score (nSPS) is 22.8. The molecule has 1 unspecified atom stereocenters. The molecule has 0 aliphatic carbocycles. The van der Waals surface area contributed by atoms with E-state index in [1.165, 1.54) is 11.3 Å². The summed E-state index contributed by atoms with van der Waals surface area (Å²) < 4.78 is 11.3. The third-order valence-corrected chi connectivity index (χ3v) is 6.94. The van der Waals surface area contributed by atoms with Crippen molar-refractivity contribution in [3.63, 3.8) is 0 Å². The van der Waals surface area contributed by atoms with Crippen molar-refractivity contribution in [3.05, 3.63) is 23.8 Å². The second-order valence-electron chi connectivity index (χ2n) is 6.70. The Morgan fingerprint density at radius 3 is 2.87 bits per heavy atom. The Morgan fingerprint density at radius 1 is 1.30 bits per heavy atom. The molecule has 0 amide bonds. The van der Waals surface area contributed by atoms with E-state index in [9.17, 15) is 0 Å². The van der Waals surface area contributed by atoms with Crippen molar-refractivity contribution >= 4 is 28.1 Å². The van der Waals surface area contributed by atoms with Gasteiger partial charge in [0.1, 0.15) is 5.75 Å². The lowest BCUT2D eigenvalue weighted by Crippen LogP contribution is -2.58. The molecule has 2 saturated heterocycles. The number of benzene rings is 1. The van der Waals surface area contributed by atoms with Crippen LogP contribution in [0.3, 0.4) is 0 Å². The molecule has 0 bridgehead atoms. The minimum atomic E-state index is -0.0369. The summed E-state index contributed by atoms with van der Waals surface area (Å²) in [5, 5.41) is 0. The minimum absolute atomic E-state index is 0.0369. The average molecular weight is 355 g/mol. The SMILES string of the molecule is COc1cc(C(C)(C)SS)ccc1N1CCN2CCOCC2C1. The van der Waals surface area contributed by atoms with Gasteiger partial charge in [-0.3, -0.25) is 4.90 Å². The lowest BCUT2D eigenvalue weighted by Gasteiger charge is -2.44. The third kappa shape index (κ3) is 3.60. The number of nitrogens with zero attached hydrogens (tertiary/aromatic N) is 2. The molecule has 2 aliphatic heterocycles. The van der Waals surface area contributed by atoms with Gasteiger partial charge in [0.2, 0.25) is 0 Å². The van der Waals surface area contributed by atoms with Gasteiger partial charge in [0.25, 0.3) is 0 Å². The number of piperazine rings is 1. The monoisotopic (exact) mass is 354 g/mol. The summed E-state index contributed by atoms with van der Waals surface area (Å²) in [5.74, 6) is 0.947. The van der Waals surface area contributed by atoms with Crippen molar-refractivity contribution in [3.8, 4) is 5.75 Å². The van der Waals surface area contributed by atoms with Crippen molar-refractivity contribution in [1.29, 1.82) is 0 Å². The molecule has 23 heavy (non-hydrogen) atoms. The Morgan fingerprint density at radius 2 is 2.13 bits per heavy atom. The van der Waals surface area contributed by atoms with Gasteiger partial charge in [-0.05, 0) is 31.5 Å². The molecule has 2 heterocycles. The molecule has 0 radical (unpaired) electrons. The van der Waals surface area contributed by atoms with Gasteiger partial charge in [-0.2, -0.15) is 0 Å². The number of hydrogen-bond donors (Lipinski definition) is 1. The van der Waals surface area contributed by atoms with Crippen molar-refractivity contribution in [2.45, 2.75) is 24.6 Å². The van der Waals surface area contributed by atoms with Gasteiger partial charge in [0, 0.05) is 30.9 Å². The standard InChI is InChI=1S/C17H26N2O2S2/c1-17(2,23-22)13-4-5-15(16(10-13)20-3)19-7-6-18-8-9-21-12-14(18)11-19/h4-5,10,14,22H,6-9,11-12H2,1-3H3. The highest BCUT2D eigenvalue weighted by Gasteiger charge is 2.31. The smallest absolute Gasteiger partial charge is 0.142 e. The highest BCUT2D eigenvalue weighted by Crippen LogP contribution is 2.41. The molecule has 0 aromatic heterocycles. The van der Waals surface area contributed by atoms with E-state index in [-0.39, 0.29) is 4.75 Å². The third-order valence-electron chi connectivity index (χ3n) is 4.88. The first-order chi connectivity index (χ1) is 11.0. The Labute approximate surface area is 148 Å². The molecule has 1 aromatic carbocycles. The first-order valence-electron chi connectivity index (χ1n) is 8.13. The predicted octanol–water partition coefficient (Wildman–Crippen LogP) is 3.03. The highest BCUT2D eigenvalue weighted by atomic mass is 33.1. The van der Waals surface area contributed by atoms with Gasteiger partial charge in [-0.1, -0.05) is 16.9 Å². The molecule has 0 N–H and O–H groups in total. The van der Waals surface area contributed by atoms with Crippen LogP contribution in [0.5, 0.6) is 5.75 Å². The topological polar surface area (TPSA) is 24.9 Å². The lowest BCUT2D eigenvalue weighted by atomic mass is 10.0. The number of thiol groups is 1. The Bertz CT molecular complexity index is 553. The maximum Gasteiger partial charge on any atom is 0.142 e. The maximum absolute atomic E-state index is 5.69. The number of hydrogen-bond acceptors (Lipinski definition) is 6. The van der Waals surface area contributed by atoms with Crippen molar-refractivity contribution in [2.24, 2.45) is 0 Å². The average Bonchev–Trinajstić information content (AvgIpc) is 2.60. The molecular formula is C17H26N2O2S2. The summed E-state index contributed by atoms with van der Waals surface area (Å²) in [5.41, 5.74) is 2.42. The predicted molar refractivity (Wildman–Crippen MR) is 101 cm³/mol. The molecule has 1 atom stereocenters. The quantitative estimate of drug-likeness (QED) is 0.662. The summed E-state index contributed by atoms with van der Waals surface area (Å²) in [4.78, 5) is 4.97. The number of fused-ring (bicyclic) bond motifs is 1. The summed E-state index contributed by atoms with van der Waals surface area (Å²) in [7, 11) is 3.31. The zero-order chi connectivity index (χ0) is 16.4. The van der Waals surface area contributed by atoms with Crippen molar-refractivity contribution in [1.82, 2.24) is 4.90 Å². The molecule has 0 saturated carbocycles. The van der Waals surface area contributed by atoms with Gasteiger partial charge >= 0.3 is 0 Å². The Balaban J connectivity index is 1.82. The van der Waals surface area contributed by atoms with Gasteiger partial charge in [0.15, 0.2) is 0 Å². The number of methoxy groups -OCH3 is 1. The number of anilines is 1. The Kier molecular flexibility index (Phi) is 5.35. The van der Waals surface area contributed by atoms with Crippen LogP contribution in [0.15, 0.2) is 18.2 Å². The Hall–Kier alpha value is -0.560. The van der Waals surface area contributed by atoms with Gasteiger partial charge < -0.3 is 14.4 Å². The largest absolute Gasteiger partial charge is 0.495 e. The van der Waals surface area contributed by atoms with Gasteiger partial charge in [-0.15, -0.1) is 11.7 Å². The first-order valence-corrected chi connectivity index (χ1v) is 10.00. The molecule has 2 aliphatic rings. The van der Waals surface area contributed by atoms with Crippen molar-refractivity contribution < 1.29 is 9.47 Å². The fourth-order valence-electron chi connectivity index (χ4n) is 3.33. The zero-order valence-electron chi connectivity index (χ0n) is 14.1. The summed E-state index contributed by atoms with van der Waals surface area (Å²) in [6.45, 7) is 10.2. The van der Waals surface area contributed by atoms with Crippen LogP contribution in [-0.2, 0) is 9.48 Å². The molecule has 2 fully saturated rings. The highest BCUT2D eigenvalue weighted by molar-refractivity contribution is 8.68. The molecule has 0 spiro atoms. The van der Waals surface area contributed by atoms with Crippen LogP contribution < -0.4 is 9.64 Å². The second-order valence-corrected chi connectivity index (χ2v) is 8.45. The van der Waals surface area contributed by atoms with E-state index in [1.54, 1.807) is 17.9 Å². The van der Waals surface area contributed by atoms with Gasteiger partial charge in [-0.25, -0.2) is 0 Å². The van der Waals surface area contributed by atoms with E-state index in [0.29, 0.717) is 6.04 Å². The van der Waals surface area contributed by atoms with E-state index in [4.69, 9.17) is 9.47 Å². The summed E-state index contributed by atoms with van der Waals surface area (Å²) in [6, 6.07) is 7.04. The van der Waals surface area contributed by atoms with Gasteiger partial charge in [0.05, 0.1) is 32.1 Å². The van der Waals surface area contributed by atoms with Crippen molar-refractivity contribution in [2.75, 3.05) is 51.4 Å². The van der Waals surface area contributed by atoms with E-state index in [1.807, 2.05) is 0 Å². The number of ether oxygens (including phenoxy) is 2. The molecular weight excluding hydrogens is 328 g/mol. The summed E-state index contributed by atoms with van der Waals surface area (Å²) >= 11 is 4.40. The molecule has 4 nitrogen and oxygen atoms in total. The van der Waals surface area contributed by atoms with Crippen LogP contribution in [-0.4, -0.2) is 57.4 Å². The van der Waals surface area contributed by atoms with Crippen LogP contribution >= 0.6 is 22.5 Å². The van der Waals surface area contributed by atoms with Crippen LogP contribution in [0.4, 0.5) is 5.69 Å². The van der Waals surface area contributed by atoms with Crippen LogP contribution in [0.25, 0.3) is 0 Å². The zero-order valence-corrected chi connectivity index (χ0v) is 15.8. The fraction of sp³-hybridized carbons (Fsp3) is 0.647. The molecule has 1 aromatic rings. The number of rotatable bonds is 4. The first kappa shape index (κ1) is 17.3. The van der Waals surface area contributed by atoms with Crippen LogP contribution in [0.1, 0.15) is 19.4 Å². The minimum Gasteiger partial charge on any atom is -0.495 e.